The molecule has 1 aromatic rings. The van der Waals surface area contributed by atoms with Gasteiger partial charge in [-0.05, 0) is 43.4 Å². The van der Waals surface area contributed by atoms with Crippen molar-refractivity contribution in [1.29, 1.82) is 0 Å². The number of hydrogen-bond acceptors (Lipinski definition) is 5. The van der Waals surface area contributed by atoms with Crippen molar-refractivity contribution in [2.75, 3.05) is 20.0 Å². The summed E-state index contributed by atoms with van der Waals surface area (Å²) in [5, 5.41) is 6.65. The zero-order valence-corrected chi connectivity index (χ0v) is 15.2. The number of ether oxygens (including phenoxy) is 3. The fourth-order valence-electron chi connectivity index (χ4n) is 3.26. The van der Waals surface area contributed by atoms with Crippen LogP contribution in [-0.2, 0) is 9.53 Å². The molecule has 0 bridgehead atoms. The van der Waals surface area contributed by atoms with Gasteiger partial charge in [0.2, 0.25) is 12.7 Å². The Morgan fingerprint density at radius 3 is 2.56 bits per heavy atom. The van der Waals surface area contributed by atoms with E-state index in [0.29, 0.717) is 6.04 Å². The first-order chi connectivity index (χ1) is 12.0. The van der Waals surface area contributed by atoms with Gasteiger partial charge in [-0.2, -0.15) is 0 Å². The molecule has 0 saturated carbocycles. The van der Waals surface area contributed by atoms with Gasteiger partial charge in [0.05, 0.1) is 12.1 Å². The molecule has 6 nitrogen and oxygen atoms in total. The molecule has 3 rings (SSSR count). The number of nitrogens with one attached hydrogen (secondary N) is 2. The van der Waals surface area contributed by atoms with Gasteiger partial charge in [0, 0.05) is 19.3 Å². The van der Waals surface area contributed by atoms with Crippen LogP contribution in [0, 0.1) is 5.92 Å². The highest BCUT2D eigenvalue weighted by atomic mass is 16.7. The lowest BCUT2D eigenvalue weighted by Crippen LogP contribution is -2.52. The Kier molecular flexibility index (Phi) is 5.81. The van der Waals surface area contributed by atoms with Crippen molar-refractivity contribution in [2.24, 2.45) is 5.92 Å². The maximum atomic E-state index is 12.8. The number of hydrogen-bond donors (Lipinski definition) is 2. The van der Waals surface area contributed by atoms with Crippen molar-refractivity contribution < 1.29 is 19.0 Å². The first kappa shape index (κ1) is 18.0. The Balaban J connectivity index is 1.61. The number of rotatable bonds is 6. The number of amides is 1. The van der Waals surface area contributed by atoms with E-state index in [-0.39, 0.29) is 30.7 Å². The van der Waals surface area contributed by atoms with E-state index in [0.717, 1.165) is 43.1 Å². The molecule has 0 spiro atoms. The van der Waals surface area contributed by atoms with Gasteiger partial charge in [0.15, 0.2) is 11.5 Å². The Labute approximate surface area is 149 Å². The number of carbonyl (C=O) groups excluding carboxylic acids is 1. The minimum Gasteiger partial charge on any atom is -0.454 e. The lowest BCUT2D eigenvalue weighted by atomic mass is 9.99. The van der Waals surface area contributed by atoms with Crippen LogP contribution >= 0.6 is 0 Å². The van der Waals surface area contributed by atoms with Crippen LogP contribution in [0.2, 0.25) is 0 Å². The fourth-order valence-corrected chi connectivity index (χ4v) is 3.26. The number of benzene rings is 1. The summed E-state index contributed by atoms with van der Waals surface area (Å²) < 4.78 is 16.2. The predicted octanol–water partition coefficient (Wildman–Crippen LogP) is 2.39. The molecule has 0 aromatic heterocycles. The van der Waals surface area contributed by atoms with Crippen LogP contribution in [0.5, 0.6) is 11.5 Å². The van der Waals surface area contributed by atoms with E-state index >= 15 is 0 Å². The molecule has 2 heterocycles. The number of fused-ring (bicyclic) bond motifs is 1. The summed E-state index contributed by atoms with van der Waals surface area (Å²) in [4.78, 5) is 12.8. The lowest BCUT2D eigenvalue weighted by molar-refractivity contribution is -0.125. The highest BCUT2D eigenvalue weighted by Crippen LogP contribution is 2.34. The van der Waals surface area contributed by atoms with Gasteiger partial charge >= 0.3 is 0 Å². The summed E-state index contributed by atoms with van der Waals surface area (Å²) in [5.41, 5.74) is 1.01. The van der Waals surface area contributed by atoms with E-state index in [2.05, 4.69) is 24.5 Å². The minimum absolute atomic E-state index is 0.0339. The second-order valence-electron chi connectivity index (χ2n) is 7.12. The average molecular weight is 348 g/mol. The van der Waals surface area contributed by atoms with Crippen LogP contribution in [0.1, 0.15) is 45.2 Å². The Morgan fingerprint density at radius 2 is 1.84 bits per heavy atom. The van der Waals surface area contributed by atoms with Crippen molar-refractivity contribution >= 4 is 5.91 Å². The van der Waals surface area contributed by atoms with E-state index in [1.165, 1.54) is 0 Å². The van der Waals surface area contributed by atoms with Gasteiger partial charge in [0.25, 0.3) is 0 Å². The first-order valence-corrected chi connectivity index (χ1v) is 9.08. The second kappa shape index (κ2) is 8.06. The van der Waals surface area contributed by atoms with Crippen LogP contribution in [-0.4, -0.2) is 38.0 Å². The van der Waals surface area contributed by atoms with E-state index in [4.69, 9.17) is 14.2 Å². The molecule has 25 heavy (non-hydrogen) atoms. The standard InChI is InChI=1S/C19H28N2O4/c1-12(2)18(21-15-6-8-23-9-7-15)19(22)20-13(3)14-4-5-16-17(10-14)25-11-24-16/h4-5,10,12-13,15,18,21H,6-9,11H2,1-3H3,(H,20,22)/t13-,18-/m0/s1. The summed E-state index contributed by atoms with van der Waals surface area (Å²) in [6.45, 7) is 7.91. The first-order valence-electron chi connectivity index (χ1n) is 9.08. The summed E-state index contributed by atoms with van der Waals surface area (Å²) in [5.74, 6) is 1.74. The molecule has 0 radical (unpaired) electrons. The van der Waals surface area contributed by atoms with Gasteiger partial charge in [-0.3, -0.25) is 4.79 Å². The van der Waals surface area contributed by atoms with Gasteiger partial charge in [-0.15, -0.1) is 0 Å². The second-order valence-corrected chi connectivity index (χ2v) is 7.12. The van der Waals surface area contributed by atoms with E-state index in [9.17, 15) is 4.79 Å². The molecule has 1 amide bonds. The van der Waals surface area contributed by atoms with E-state index in [1.807, 2.05) is 25.1 Å². The zero-order valence-electron chi connectivity index (χ0n) is 15.2. The van der Waals surface area contributed by atoms with Gasteiger partial charge < -0.3 is 24.8 Å². The van der Waals surface area contributed by atoms with Crippen molar-refractivity contribution in [2.45, 2.75) is 51.7 Å². The fraction of sp³-hybridized carbons (Fsp3) is 0.632. The third-order valence-corrected chi connectivity index (χ3v) is 4.84. The minimum atomic E-state index is -0.209. The van der Waals surface area contributed by atoms with Crippen LogP contribution in [0.4, 0.5) is 0 Å². The van der Waals surface area contributed by atoms with Gasteiger partial charge in [-0.25, -0.2) is 0 Å². The molecule has 138 valence electrons. The summed E-state index contributed by atoms with van der Waals surface area (Å²) in [7, 11) is 0. The molecule has 1 saturated heterocycles. The smallest absolute Gasteiger partial charge is 0.237 e. The summed E-state index contributed by atoms with van der Waals surface area (Å²) in [6, 6.07) is 5.82. The summed E-state index contributed by atoms with van der Waals surface area (Å²) in [6.07, 6.45) is 1.91. The zero-order chi connectivity index (χ0) is 17.8. The Bertz CT molecular complexity index is 599. The van der Waals surface area contributed by atoms with Gasteiger partial charge in [0.1, 0.15) is 0 Å². The van der Waals surface area contributed by atoms with Crippen LogP contribution in [0.25, 0.3) is 0 Å². The number of carbonyl (C=O) groups is 1. The molecular weight excluding hydrogens is 320 g/mol. The molecule has 1 fully saturated rings. The van der Waals surface area contributed by atoms with Crippen molar-refractivity contribution in [3.05, 3.63) is 23.8 Å². The quantitative estimate of drug-likeness (QED) is 0.826. The third kappa shape index (κ3) is 4.44. The lowest BCUT2D eigenvalue weighted by Gasteiger charge is -2.30. The van der Waals surface area contributed by atoms with Crippen LogP contribution in [0.3, 0.4) is 0 Å². The van der Waals surface area contributed by atoms with Crippen molar-refractivity contribution in [3.8, 4) is 11.5 Å². The third-order valence-electron chi connectivity index (χ3n) is 4.84. The molecule has 2 aliphatic heterocycles. The molecule has 2 atom stereocenters. The van der Waals surface area contributed by atoms with Crippen LogP contribution < -0.4 is 20.1 Å². The Hall–Kier alpha value is -1.79. The van der Waals surface area contributed by atoms with E-state index < -0.39 is 0 Å². The van der Waals surface area contributed by atoms with E-state index in [1.54, 1.807) is 0 Å². The SMILES string of the molecule is CC(C)[C@H](NC1CCOCC1)C(=O)N[C@@H](C)c1ccc2c(c1)OCO2. The topological polar surface area (TPSA) is 68.8 Å². The average Bonchev–Trinajstić information content (AvgIpc) is 3.07. The maximum absolute atomic E-state index is 12.8. The molecule has 6 heteroatoms. The van der Waals surface area contributed by atoms with Crippen molar-refractivity contribution in [1.82, 2.24) is 10.6 Å². The highest BCUT2D eigenvalue weighted by molar-refractivity contribution is 5.82. The van der Waals surface area contributed by atoms with Gasteiger partial charge in [-0.1, -0.05) is 19.9 Å². The van der Waals surface area contributed by atoms with Crippen molar-refractivity contribution in [3.63, 3.8) is 0 Å². The monoisotopic (exact) mass is 348 g/mol. The Morgan fingerprint density at radius 1 is 1.12 bits per heavy atom. The molecule has 1 aromatic carbocycles. The molecule has 2 aliphatic rings. The molecule has 0 unspecified atom stereocenters. The largest absolute Gasteiger partial charge is 0.454 e. The normalized spacial score (nSPS) is 19.7. The molecule has 0 aliphatic carbocycles. The van der Waals surface area contributed by atoms with Crippen LogP contribution in [0.15, 0.2) is 18.2 Å². The maximum Gasteiger partial charge on any atom is 0.237 e. The predicted molar refractivity (Wildman–Crippen MR) is 94.7 cm³/mol. The highest BCUT2D eigenvalue weighted by Gasteiger charge is 2.27. The molecular formula is C19H28N2O4. The molecule has 2 N–H and O–H groups in total. The summed E-state index contributed by atoms with van der Waals surface area (Å²) >= 11 is 0.